The van der Waals surface area contributed by atoms with Gasteiger partial charge in [0.25, 0.3) is 5.97 Å². The summed E-state index contributed by atoms with van der Waals surface area (Å²) in [4.78, 5) is 17.9. The molecule has 66 valence electrons. The van der Waals surface area contributed by atoms with Gasteiger partial charge in [0.05, 0.1) is 0 Å². The van der Waals surface area contributed by atoms with Gasteiger partial charge in [-0.15, -0.1) is 0 Å². The number of carbonyl (C=O) groups is 2. The van der Waals surface area contributed by atoms with Crippen LogP contribution in [0.1, 0.15) is 6.92 Å². The lowest BCUT2D eigenvalue weighted by Gasteiger charge is -1.93. The summed E-state index contributed by atoms with van der Waals surface area (Å²) in [5.74, 6) is -3.59. The molecule has 0 amide bonds. The van der Waals surface area contributed by atoms with Crippen molar-refractivity contribution in [1.82, 2.24) is 0 Å². The summed E-state index contributed by atoms with van der Waals surface area (Å²) in [5, 5.41) is 14.5. The van der Waals surface area contributed by atoms with Crippen molar-refractivity contribution in [2.75, 3.05) is 0 Å². The number of carboxylic acid groups (broad SMARTS) is 2. The van der Waals surface area contributed by atoms with Gasteiger partial charge in [-0.1, -0.05) is 0 Å². The van der Waals surface area contributed by atoms with Gasteiger partial charge in [0.15, 0.2) is 0 Å². The SMILES string of the molecule is CC(=O)O.O=C(O)C(F)(F)F. The van der Waals surface area contributed by atoms with Crippen LogP contribution >= 0.6 is 0 Å². The van der Waals surface area contributed by atoms with E-state index >= 15 is 0 Å². The largest absolute Gasteiger partial charge is 0.490 e. The molecule has 2 N–H and O–H groups in total. The molecule has 0 heterocycles. The Morgan fingerprint density at radius 1 is 1.18 bits per heavy atom. The molecule has 0 aliphatic carbocycles. The van der Waals surface area contributed by atoms with Gasteiger partial charge in [-0.05, 0) is 0 Å². The van der Waals surface area contributed by atoms with Gasteiger partial charge in [0.2, 0.25) is 0 Å². The van der Waals surface area contributed by atoms with Crippen LogP contribution in [0.3, 0.4) is 0 Å². The lowest BCUT2D eigenvalue weighted by atomic mass is 10.7. The van der Waals surface area contributed by atoms with E-state index in [1.54, 1.807) is 0 Å². The van der Waals surface area contributed by atoms with Gasteiger partial charge in [0, 0.05) is 6.92 Å². The quantitative estimate of drug-likeness (QED) is 0.567. The number of carboxylic acids is 2. The molecular formula is C4H5F3O4. The van der Waals surface area contributed by atoms with Crippen molar-refractivity contribution in [2.45, 2.75) is 13.1 Å². The lowest BCUT2D eigenvalue weighted by molar-refractivity contribution is -0.192. The standard InChI is InChI=1S/C2HF3O2.C2H4O2/c3-2(4,5)1(6)7;1-2(3)4/h(H,6,7);1H3,(H,3,4). The molecule has 0 unspecified atom stereocenters. The highest BCUT2D eigenvalue weighted by Crippen LogP contribution is 2.13. The van der Waals surface area contributed by atoms with Crippen LogP contribution in [0.15, 0.2) is 0 Å². The van der Waals surface area contributed by atoms with E-state index in [1.165, 1.54) is 0 Å². The van der Waals surface area contributed by atoms with Crippen LogP contribution in [0.5, 0.6) is 0 Å². The van der Waals surface area contributed by atoms with Crippen LogP contribution < -0.4 is 0 Å². The van der Waals surface area contributed by atoms with Crippen molar-refractivity contribution in [3.63, 3.8) is 0 Å². The van der Waals surface area contributed by atoms with Crippen molar-refractivity contribution in [1.29, 1.82) is 0 Å². The Labute approximate surface area is 59.2 Å². The van der Waals surface area contributed by atoms with Crippen molar-refractivity contribution in [2.24, 2.45) is 0 Å². The van der Waals surface area contributed by atoms with Crippen LogP contribution in [-0.4, -0.2) is 28.3 Å². The van der Waals surface area contributed by atoms with Crippen LogP contribution in [-0.2, 0) is 9.59 Å². The Balaban J connectivity index is 0. The summed E-state index contributed by atoms with van der Waals surface area (Å²) < 4.78 is 31.7. The molecule has 0 atom stereocenters. The predicted molar refractivity (Wildman–Crippen MR) is 27.0 cm³/mol. The smallest absolute Gasteiger partial charge is 0.481 e. The molecule has 0 saturated heterocycles. The van der Waals surface area contributed by atoms with E-state index < -0.39 is 18.1 Å². The topological polar surface area (TPSA) is 74.6 Å². The number of alkyl halides is 3. The van der Waals surface area contributed by atoms with Gasteiger partial charge in [0.1, 0.15) is 0 Å². The molecular weight excluding hydrogens is 169 g/mol. The zero-order chi connectivity index (χ0) is 9.65. The maximum absolute atomic E-state index is 10.6. The molecule has 0 rings (SSSR count). The number of aliphatic carboxylic acids is 2. The summed E-state index contributed by atoms with van der Waals surface area (Å²) in [5.41, 5.74) is 0. The predicted octanol–water partition coefficient (Wildman–Crippen LogP) is 0.724. The highest BCUT2D eigenvalue weighted by Gasteiger charge is 2.38. The van der Waals surface area contributed by atoms with Crippen LogP contribution in [0.2, 0.25) is 0 Å². The summed E-state index contributed by atoms with van der Waals surface area (Å²) in [7, 11) is 0. The fourth-order valence-corrected chi connectivity index (χ4v) is 0. The zero-order valence-corrected chi connectivity index (χ0v) is 5.34. The average Bonchev–Trinajstić information content (AvgIpc) is 1.59. The van der Waals surface area contributed by atoms with E-state index in [0.29, 0.717) is 0 Å². The molecule has 0 fully saturated rings. The van der Waals surface area contributed by atoms with Crippen LogP contribution in [0, 0.1) is 0 Å². The first-order chi connectivity index (χ1) is 4.68. The molecule has 0 aromatic carbocycles. The molecule has 0 radical (unpaired) electrons. The first kappa shape index (κ1) is 12.4. The number of hydrogen-bond acceptors (Lipinski definition) is 2. The van der Waals surface area contributed by atoms with E-state index in [2.05, 4.69) is 0 Å². The Morgan fingerprint density at radius 2 is 1.27 bits per heavy atom. The second kappa shape index (κ2) is 4.53. The summed E-state index contributed by atoms with van der Waals surface area (Å²) in [6.45, 7) is 1.08. The number of rotatable bonds is 0. The fraction of sp³-hybridized carbons (Fsp3) is 0.500. The molecule has 11 heavy (non-hydrogen) atoms. The average molecular weight is 174 g/mol. The second-order valence-electron chi connectivity index (χ2n) is 1.32. The Kier molecular flexibility index (Phi) is 5.11. The van der Waals surface area contributed by atoms with E-state index in [9.17, 15) is 13.2 Å². The van der Waals surface area contributed by atoms with Gasteiger partial charge in [-0.2, -0.15) is 13.2 Å². The third-order valence-corrected chi connectivity index (χ3v) is 0.243. The first-order valence-corrected chi connectivity index (χ1v) is 2.17. The highest BCUT2D eigenvalue weighted by molar-refractivity contribution is 5.73. The van der Waals surface area contributed by atoms with Crippen LogP contribution in [0.25, 0.3) is 0 Å². The van der Waals surface area contributed by atoms with E-state index in [4.69, 9.17) is 19.8 Å². The van der Waals surface area contributed by atoms with Crippen molar-refractivity contribution in [3.05, 3.63) is 0 Å². The second-order valence-corrected chi connectivity index (χ2v) is 1.32. The monoisotopic (exact) mass is 174 g/mol. The molecule has 0 aliphatic rings. The van der Waals surface area contributed by atoms with Crippen molar-refractivity contribution in [3.8, 4) is 0 Å². The fourth-order valence-electron chi connectivity index (χ4n) is 0. The Bertz CT molecular complexity index is 146. The van der Waals surface area contributed by atoms with Crippen molar-refractivity contribution >= 4 is 11.9 Å². The van der Waals surface area contributed by atoms with Gasteiger partial charge in [-0.3, -0.25) is 4.79 Å². The molecule has 4 nitrogen and oxygen atoms in total. The van der Waals surface area contributed by atoms with E-state index in [0.717, 1.165) is 6.92 Å². The maximum Gasteiger partial charge on any atom is 0.490 e. The first-order valence-electron chi connectivity index (χ1n) is 2.17. The highest BCUT2D eigenvalue weighted by atomic mass is 19.4. The molecule has 0 aliphatic heterocycles. The lowest BCUT2D eigenvalue weighted by Crippen LogP contribution is -2.21. The van der Waals surface area contributed by atoms with Gasteiger partial charge >= 0.3 is 12.1 Å². The van der Waals surface area contributed by atoms with Crippen molar-refractivity contribution < 1.29 is 33.0 Å². The maximum atomic E-state index is 10.6. The third-order valence-electron chi connectivity index (χ3n) is 0.243. The van der Waals surface area contributed by atoms with E-state index in [-0.39, 0.29) is 0 Å². The molecule has 0 aromatic heterocycles. The Morgan fingerprint density at radius 3 is 1.27 bits per heavy atom. The summed E-state index contributed by atoms with van der Waals surface area (Å²) in [6, 6.07) is 0. The summed E-state index contributed by atoms with van der Waals surface area (Å²) >= 11 is 0. The minimum Gasteiger partial charge on any atom is -0.481 e. The molecule has 0 spiro atoms. The normalized spacial score (nSPS) is 9.45. The Hall–Kier alpha value is -1.27. The number of halogens is 3. The molecule has 0 saturated carbocycles. The zero-order valence-electron chi connectivity index (χ0n) is 5.34. The van der Waals surface area contributed by atoms with Crippen LogP contribution in [0.4, 0.5) is 13.2 Å². The minimum absolute atomic E-state index is 0.833. The third kappa shape index (κ3) is 17.7. The van der Waals surface area contributed by atoms with Gasteiger partial charge in [-0.25, -0.2) is 4.79 Å². The minimum atomic E-state index is -5.08. The summed E-state index contributed by atoms with van der Waals surface area (Å²) in [6.07, 6.45) is -5.08. The molecule has 0 bridgehead atoms. The number of hydrogen-bond donors (Lipinski definition) is 2. The molecule has 0 aromatic rings. The molecule has 7 heteroatoms. The van der Waals surface area contributed by atoms with Gasteiger partial charge < -0.3 is 10.2 Å². The van der Waals surface area contributed by atoms with E-state index in [1.807, 2.05) is 0 Å².